The van der Waals surface area contributed by atoms with Gasteiger partial charge in [0.1, 0.15) is 6.10 Å². The van der Waals surface area contributed by atoms with Gasteiger partial charge in [-0.05, 0) is 26.7 Å². The Balaban J connectivity index is 2.09. The number of hydrogen-bond donors (Lipinski definition) is 1. The van der Waals surface area contributed by atoms with E-state index in [0.29, 0.717) is 12.0 Å². The van der Waals surface area contributed by atoms with E-state index in [0.717, 1.165) is 6.42 Å². The number of hydrogen-bond acceptors (Lipinski definition) is 3. The molecule has 0 bridgehead atoms. The number of rotatable bonds is 0. The van der Waals surface area contributed by atoms with E-state index in [2.05, 4.69) is 26.5 Å². The van der Waals surface area contributed by atoms with E-state index in [1.807, 2.05) is 0 Å². The molecule has 4 atom stereocenters. The van der Waals surface area contributed by atoms with Crippen LogP contribution in [-0.2, 0) is 9.53 Å². The van der Waals surface area contributed by atoms with E-state index < -0.39 is 6.10 Å². The Bertz CT molecular complexity index is 498. The van der Waals surface area contributed by atoms with Crippen molar-refractivity contribution in [1.29, 1.82) is 0 Å². The number of carbonyl (C=O) groups excluding carboxylic acids is 1. The molecule has 0 radical (unpaired) electrons. The van der Waals surface area contributed by atoms with Crippen LogP contribution in [-0.4, -0.2) is 23.3 Å². The highest BCUT2D eigenvalue weighted by Crippen LogP contribution is 2.48. The lowest BCUT2D eigenvalue weighted by Crippen LogP contribution is -2.32. The lowest BCUT2D eigenvalue weighted by Gasteiger charge is -2.25. The predicted octanol–water partition coefficient (Wildman–Crippen LogP) is 2.13. The summed E-state index contributed by atoms with van der Waals surface area (Å²) >= 11 is 0. The van der Waals surface area contributed by atoms with Crippen LogP contribution in [0.25, 0.3) is 0 Å². The fourth-order valence-corrected chi connectivity index (χ4v) is 3.60. The minimum atomic E-state index is -0.556. The Kier molecular flexibility index (Phi) is 2.49. The summed E-state index contributed by atoms with van der Waals surface area (Å²) in [5, 5.41) is 10.3. The average molecular weight is 246 g/mol. The van der Waals surface area contributed by atoms with E-state index in [1.165, 1.54) is 16.7 Å². The van der Waals surface area contributed by atoms with E-state index in [4.69, 9.17) is 4.74 Å². The molecule has 1 heterocycles. The van der Waals surface area contributed by atoms with Crippen LogP contribution in [0.1, 0.15) is 26.7 Å². The van der Waals surface area contributed by atoms with Crippen molar-refractivity contribution in [2.24, 2.45) is 11.8 Å². The highest BCUT2D eigenvalue weighted by atomic mass is 16.6. The standard InChI is InChI=1S/C15H18O3/c1-7-4-5-10-8(2)6-11(16)13-9(3)15(17)18-14(13)12(7)10/h4,11-14,16H,3,5-6H2,1-2H3/t11-,12-,13?,14+/m0/s1. The number of carbonyl (C=O) groups is 1. The van der Waals surface area contributed by atoms with Crippen molar-refractivity contribution in [2.45, 2.75) is 38.9 Å². The minimum absolute atomic E-state index is 0.148. The van der Waals surface area contributed by atoms with Gasteiger partial charge >= 0.3 is 5.97 Å². The first-order valence-corrected chi connectivity index (χ1v) is 6.43. The number of aliphatic hydroxyl groups excluding tert-OH is 1. The molecular weight excluding hydrogens is 228 g/mol. The smallest absolute Gasteiger partial charge is 0.334 e. The van der Waals surface area contributed by atoms with Gasteiger partial charge in [0.15, 0.2) is 0 Å². The van der Waals surface area contributed by atoms with Gasteiger partial charge in [-0.3, -0.25) is 0 Å². The summed E-state index contributed by atoms with van der Waals surface area (Å²) in [6.45, 7) is 7.95. The maximum absolute atomic E-state index is 11.7. The first kappa shape index (κ1) is 11.7. The molecule has 0 aromatic rings. The highest BCUT2D eigenvalue weighted by molar-refractivity contribution is 5.91. The molecule has 3 rings (SSSR count). The van der Waals surface area contributed by atoms with Crippen molar-refractivity contribution < 1.29 is 14.6 Å². The molecule has 0 spiro atoms. The fourth-order valence-electron chi connectivity index (χ4n) is 3.60. The van der Waals surface area contributed by atoms with Gasteiger partial charge in [-0.15, -0.1) is 0 Å². The molecule has 1 N–H and O–H groups in total. The summed E-state index contributed by atoms with van der Waals surface area (Å²) in [6.07, 6.45) is 2.92. The zero-order chi connectivity index (χ0) is 13.0. The van der Waals surface area contributed by atoms with Crippen LogP contribution >= 0.6 is 0 Å². The Labute approximate surface area is 107 Å². The highest BCUT2D eigenvalue weighted by Gasteiger charge is 2.50. The molecule has 3 heteroatoms. The lowest BCUT2D eigenvalue weighted by atomic mass is 9.82. The van der Waals surface area contributed by atoms with Crippen molar-refractivity contribution in [3.63, 3.8) is 0 Å². The molecule has 1 saturated heterocycles. The second kappa shape index (κ2) is 3.82. The summed E-state index contributed by atoms with van der Waals surface area (Å²) < 4.78 is 5.49. The van der Waals surface area contributed by atoms with Crippen LogP contribution in [0.5, 0.6) is 0 Å². The number of allylic oxidation sites excluding steroid dienone is 1. The molecule has 2 aliphatic carbocycles. The van der Waals surface area contributed by atoms with Gasteiger partial charge < -0.3 is 9.84 Å². The van der Waals surface area contributed by atoms with Gasteiger partial charge in [0, 0.05) is 11.5 Å². The Hall–Kier alpha value is -1.35. The predicted molar refractivity (Wildman–Crippen MR) is 67.7 cm³/mol. The SMILES string of the molecule is C=C1C(=O)O[C@H]2C1[C@@H](O)CC(C)=C1CC=C(C)[C@@H]12. The normalized spacial score (nSPS) is 39.2. The number of ether oxygens (including phenoxy) is 1. The van der Waals surface area contributed by atoms with Crippen molar-refractivity contribution in [2.75, 3.05) is 0 Å². The average Bonchev–Trinajstić information content (AvgIpc) is 2.77. The quantitative estimate of drug-likeness (QED) is 0.404. The monoisotopic (exact) mass is 246 g/mol. The van der Waals surface area contributed by atoms with Gasteiger partial charge in [0.2, 0.25) is 0 Å². The molecule has 0 aromatic carbocycles. The molecule has 1 fully saturated rings. The molecule has 1 unspecified atom stereocenters. The molecular formula is C15H18O3. The number of esters is 1. The van der Waals surface area contributed by atoms with Gasteiger partial charge in [-0.2, -0.15) is 0 Å². The van der Waals surface area contributed by atoms with Crippen LogP contribution in [0, 0.1) is 11.8 Å². The largest absolute Gasteiger partial charge is 0.457 e. The Morgan fingerprint density at radius 2 is 2.17 bits per heavy atom. The number of fused-ring (bicyclic) bond motifs is 3. The zero-order valence-electron chi connectivity index (χ0n) is 10.8. The van der Waals surface area contributed by atoms with Crippen molar-refractivity contribution in [3.05, 3.63) is 34.9 Å². The lowest BCUT2D eigenvalue weighted by molar-refractivity contribution is -0.140. The fraction of sp³-hybridized carbons (Fsp3) is 0.533. The summed E-state index contributed by atoms with van der Waals surface area (Å²) in [4.78, 5) is 11.7. The van der Waals surface area contributed by atoms with Gasteiger partial charge in [0.25, 0.3) is 0 Å². The van der Waals surface area contributed by atoms with Crippen molar-refractivity contribution in [1.82, 2.24) is 0 Å². The second-order valence-corrected chi connectivity index (χ2v) is 5.63. The van der Waals surface area contributed by atoms with E-state index in [9.17, 15) is 9.90 Å². The van der Waals surface area contributed by atoms with Crippen LogP contribution in [0.3, 0.4) is 0 Å². The van der Waals surface area contributed by atoms with Crippen LogP contribution < -0.4 is 0 Å². The maximum atomic E-state index is 11.7. The first-order chi connectivity index (χ1) is 8.50. The second-order valence-electron chi connectivity index (χ2n) is 5.63. The molecule has 0 aromatic heterocycles. The summed E-state index contributed by atoms with van der Waals surface area (Å²) in [7, 11) is 0. The van der Waals surface area contributed by atoms with E-state index >= 15 is 0 Å². The topological polar surface area (TPSA) is 46.5 Å². The third-order valence-electron chi connectivity index (χ3n) is 4.58. The van der Waals surface area contributed by atoms with Crippen molar-refractivity contribution in [3.8, 4) is 0 Å². The summed E-state index contributed by atoms with van der Waals surface area (Å²) in [6, 6.07) is 0. The number of aliphatic hydroxyl groups is 1. The first-order valence-electron chi connectivity index (χ1n) is 6.43. The van der Waals surface area contributed by atoms with E-state index in [-0.39, 0.29) is 23.9 Å². The Morgan fingerprint density at radius 3 is 2.89 bits per heavy atom. The molecule has 1 aliphatic heterocycles. The molecule has 18 heavy (non-hydrogen) atoms. The Morgan fingerprint density at radius 1 is 1.44 bits per heavy atom. The molecule has 0 saturated carbocycles. The van der Waals surface area contributed by atoms with E-state index in [1.54, 1.807) is 0 Å². The summed E-state index contributed by atoms with van der Waals surface area (Å²) in [5.41, 5.74) is 4.23. The zero-order valence-corrected chi connectivity index (χ0v) is 10.8. The molecule has 96 valence electrons. The van der Waals surface area contributed by atoms with Crippen LogP contribution in [0.4, 0.5) is 0 Å². The third kappa shape index (κ3) is 1.43. The van der Waals surface area contributed by atoms with Crippen LogP contribution in [0.2, 0.25) is 0 Å². The van der Waals surface area contributed by atoms with Gasteiger partial charge in [-0.25, -0.2) is 4.79 Å². The molecule has 3 nitrogen and oxygen atoms in total. The molecule has 3 aliphatic rings. The summed E-state index contributed by atoms with van der Waals surface area (Å²) in [5.74, 6) is -0.450. The third-order valence-corrected chi connectivity index (χ3v) is 4.58. The molecule has 0 amide bonds. The van der Waals surface area contributed by atoms with Crippen molar-refractivity contribution >= 4 is 5.97 Å². The van der Waals surface area contributed by atoms with Gasteiger partial charge in [-0.1, -0.05) is 29.4 Å². The maximum Gasteiger partial charge on any atom is 0.334 e. The van der Waals surface area contributed by atoms with Crippen LogP contribution in [0.15, 0.2) is 34.9 Å². The van der Waals surface area contributed by atoms with Gasteiger partial charge in [0.05, 0.1) is 12.0 Å². The minimum Gasteiger partial charge on any atom is -0.457 e.